The molecule has 1 amide bonds. The van der Waals surface area contributed by atoms with Gasteiger partial charge in [-0.05, 0) is 61.2 Å². The maximum Gasteiger partial charge on any atom is 0.224 e. The Morgan fingerprint density at radius 3 is 2.38 bits per heavy atom. The average Bonchev–Trinajstić information content (AvgIpc) is 2.64. The molecule has 2 aromatic carbocycles. The minimum absolute atomic E-state index is 0.0344. The molecule has 0 saturated heterocycles. The van der Waals surface area contributed by atoms with Gasteiger partial charge in [-0.15, -0.1) is 0 Å². The van der Waals surface area contributed by atoms with Crippen LogP contribution >= 0.6 is 11.6 Å². The van der Waals surface area contributed by atoms with Crippen LogP contribution in [0, 0.1) is 0 Å². The second-order valence-corrected chi connectivity index (χ2v) is 6.90. The lowest BCUT2D eigenvalue weighted by Gasteiger charge is -2.08. The predicted molar refractivity (Wildman–Crippen MR) is 109 cm³/mol. The zero-order chi connectivity index (χ0) is 18.6. The molecular weight excluding hydrogens is 346 g/mol. The summed E-state index contributed by atoms with van der Waals surface area (Å²) in [4.78, 5) is 12.1. The maximum atomic E-state index is 12.1. The van der Waals surface area contributed by atoms with Crippen molar-refractivity contribution >= 4 is 23.2 Å². The number of unbranched alkanes of at least 4 members (excludes halogenated alkanes) is 3. The maximum absolute atomic E-state index is 12.1. The zero-order valence-electron chi connectivity index (χ0n) is 15.5. The Bertz CT molecular complexity index is 653. The van der Waals surface area contributed by atoms with E-state index in [1.54, 1.807) is 0 Å². The molecule has 0 aliphatic carbocycles. The first-order valence-corrected chi connectivity index (χ1v) is 9.82. The second-order valence-electron chi connectivity index (χ2n) is 6.46. The van der Waals surface area contributed by atoms with E-state index in [1.807, 2.05) is 48.5 Å². The Morgan fingerprint density at radius 1 is 0.962 bits per heavy atom. The third kappa shape index (κ3) is 7.92. The average molecular weight is 374 g/mol. The molecule has 3 nitrogen and oxygen atoms in total. The molecule has 0 unspecified atom stereocenters. The van der Waals surface area contributed by atoms with Crippen molar-refractivity contribution in [1.29, 1.82) is 0 Å². The summed E-state index contributed by atoms with van der Waals surface area (Å²) < 4.78 is 5.71. The van der Waals surface area contributed by atoms with Crippen LogP contribution in [0.15, 0.2) is 48.5 Å². The van der Waals surface area contributed by atoms with Crippen molar-refractivity contribution < 1.29 is 9.53 Å². The fourth-order valence-corrected chi connectivity index (χ4v) is 2.81. The van der Waals surface area contributed by atoms with Crippen LogP contribution in [0.25, 0.3) is 0 Å². The molecule has 0 atom stereocenters. The third-order valence-electron chi connectivity index (χ3n) is 4.19. The van der Waals surface area contributed by atoms with Crippen LogP contribution in [0.2, 0.25) is 5.02 Å². The molecule has 1 N–H and O–H groups in total. The standard InChI is InChI=1S/C22H28ClNO2/c1-2-3-4-5-17-26-21-15-13-20(14-16-21)24-22(25)8-6-7-18-9-11-19(23)12-10-18/h9-16H,2-8,17H2,1H3,(H,24,25). The van der Waals surface area contributed by atoms with E-state index in [4.69, 9.17) is 16.3 Å². The van der Waals surface area contributed by atoms with E-state index in [-0.39, 0.29) is 5.91 Å². The molecule has 2 aromatic rings. The zero-order valence-corrected chi connectivity index (χ0v) is 16.2. The van der Waals surface area contributed by atoms with Gasteiger partial charge in [0.05, 0.1) is 6.61 Å². The molecule has 0 saturated carbocycles. The number of rotatable bonds is 11. The molecule has 0 heterocycles. The number of carbonyl (C=O) groups excluding carboxylic acids is 1. The molecule has 0 aliphatic rings. The molecule has 0 radical (unpaired) electrons. The van der Waals surface area contributed by atoms with E-state index in [0.717, 1.165) is 42.3 Å². The Balaban J connectivity index is 1.65. The van der Waals surface area contributed by atoms with Crippen molar-refractivity contribution in [2.45, 2.75) is 51.9 Å². The molecule has 0 bridgehead atoms. The van der Waals surface area contributed by atoms with Crippen LogP contribution < -0.4 is 10.1 Å². The number of nitrogens with one attached hydrogen (secondary N) is 1. The highest BCUT2D eigenvalue weighted by Crippen LogP contribution is 2.17. The van der Waals surface area contributed by atoms with E-state index >= 15 is 0 Å². The van der Waals surface area contributed by atoms with Gasteiger partial charge in [0.25, 0.3) is 0 Å². The summed E-state index contributed by atoms with van der Waals surface area (Å²) in [6.07, 6.45) is 6.96. The van der Waals surface area contributed by atoms with Crippen LogP contribution in [0.4, 0.5) is 5.69 Å². The van der Waals surface area contributed by atoms with Crippen molar-refractivity contribution in [3.05, 3.63) is 59.1 Å². The first-order valence-electron chi connectivity index (χ1n) is 9.44. The summed E-state index contributed by atoms with van der Waals surface area (Å²) in [6, 6.07) is 15.3. The summed E-state index contributed by atoms with van der Waals surface area (Å²) in [5, 5.41) is 3.67. The van der Waals surface area contributed by atoms with Gasteiger partial charge in [0, 0.05) is 17.1 Å². The fraction of sp³-hybridized carbons (Fsp3) is 0.409. The number of aryl methyl sites for hydroxylation is 1. The number of hydrogen-bond acceptors (Lipinski definition) is 2. The fourth-order valence-electron chi connectivity index (χ4n) is 2.68. The molecule has 0 aliphatic heterocycles. The van der Waals surface area contributed by atoms with Crippen LogP contribution in [-0.4, -0.2) is 12.5 Å². The second kappa shape index (κ2) is 11.6. The number of amides is 1. The Hall–Kier alpha value is -2.00. The third-order valence-corrected chi connectivity index (χ3v) is 4.44. The highest BCUT2D eigenvalue weighted by atomic mass is 35.5. The Kier molecular flexibility index (Phi) is 9.05. The van der Waals surface area contributed by atoms with Crippen molar-refractivity contribution in [3.8, 4) is 5.75 Å². The van der Waals surface area contributed by atoms with Gasteiger partial charge in [0.2, 0.25) is 5.91 Å². The summed E-state index contributed by atoms with van der Waals surface area (Å²) in [5.41, 5.74) is 2.00. The molecule has 0 aromatic heterocycles. The topological polar surface area (TPSA) is 38.3 Å². The van der Waals surface area contributed by atoms with E-state index < -0.39 is 0 Å². The van der Waals surface area contributed by atoms with Gasteiger partial charge in [0.15, 0.2) is 0 Å². The number of carbonyl (C=O) groups is 1. The molecule has 140 valence electrons. The van der Waals surface area contributed by atoms with Crippen molar-refractivity contribution in [1.82, 2.24) is 0 Å². The van der Waals surface area contributed by atoms with E-state index in [9.17, 15) is 4.79 Å². The molecule has 0 spiro atoms. The van der Waals surface area contributed by atoms with Crippen LogP contribution in [0.5, 0.6) is 5.75 Å². The summed E-state index contributed by atoms with van der Waals surface area (Å²) in [6.45, 7) is 2.95. The summed E-state index contributed by atoms with van der Waals surface area (Å²) >= 11 is 5.87. The first kappa shape index (κ1) is 20.3. The number of hydrogen-bond donors (Lipinski definition) is 1. The number of benzene rings is 2. The minimum atomic E-state index is 0.0344. The molecular formula is C22H28ClNO2. The van der Waals surface area contributed by atoms with E-state index in [2.05, 4.69) is 12.2 Å². The monoisotopic (exact) mass is 373 g/mol. The van der Waals surface area contributed by atoms with Crippen molar-refractivity contribution in [2.24, 2.45) is 0 Å². The lowest BCUT2D eigenvalue weighted by atomic mass is 10.1. The smallest absolute Gasteiger partial charge is 0.224 e. The SMILES string of the molecule is CCCCCCOc1ccc(NC(=O)CCCc2ccc(Cl)cc2)cc1. The van der Waals surface area contributed by atoms with Crippen LogP contribution in [0.1, 0.15) is 51.0 Å². The minimum Gasteiger partial charge on any atom is -0.494 e. The number of anilines is 1. The van der Waals surface area contributed by atoms with Gasteiger partial charge in [-0.3, -0.25) is 4.79 Å². The van der Waals surface area contributed by atoms with Gasteiger partial charge in [-0.2, -0.15) is 0 Å². The molecule has 4 heteroatoms. The van der Waals surface area contributed by atoms with Gasteiger partial charge in [-0.1, -0.05) is 49.9 Å². The van der Waals surface area contributed by atoms with Crippen molar-refractivity contribution in [3.63, 3.8) is 0 Å². The van der Waals surface area contributed by atoms with Crippen molar-refractivity contribution in [2.75, 3.05) is 11.9 Å². The van der Waals surface area contributed by atoms with E-state index in [0.29, 0.717) is 6.42 Å². The highest BCUT2D eigenvalue weighted by Gasteiger charge is 2.03. The van der Waals surface area contributed by atoms with E-state index in [1.165, 1.54) is 24.8 Å². The molecule has 0 fully saturated rings. The quantitative estimate of drug-likeness (QED) is 0.472. The number of halogens is 1. The van der Waals surface area contributed by atoms with Gasteiger partial charge < -0.3 is 10.1 Å². The van der Waals surface area contributed by atoms with Gasteiger partial charge in [0.1, 0.15) is 5.75 Å². The van der Waals surface area contributed by atoms with Crippen LogP contribution in [0.3, 0.4) is 0 Å². The summed E-state index contributed by atoms with van der Waals surface area (Å²) in [7, 11) is 0. The Labute approximate surface area is 161 Å². The lowest BCUT2D eigenvalue weighted by Crippen LogP contribution is -2.11. The van der Waals surface area contributed by atoms with Gasteiger partial charge in [-0.25, -0.2) is 0 Å². The largest absolute Gasteiger partial charge is 0.494 e. The molecule has 2 rings (SSSR count). The lowest BCUT2D eigenvalue weighted by molar-refractivity contribution is -0.116. The first-order chi connectivity index (χ1) is 12.7. The number of ether oxygens (including phenoxy) is 1. The molecule has 26 heavy (non-hydrogen) atoms. The highest BCUT2D eigenvalue weighted by molar-refractivity contribution is 6.30. The normalized spacial score (nSPS) is 10.5. The van der Waals surface area contributed by atoms with Crippen LogP contribution in [-0.2, 0) is 11.2 Å². The summed E-state index contributed by atoms with van der Waals surface area (Å²) in [5.74, 6) is 0.884. The Morgan fingerprint density at radius 2 is 1.69 bits per heavy atom. The van der Waals surface area contributed by atoms with Gasteiger partial charge >= 0.3 is 0 Å². The predicted octanol–water partition coefficient (Wildman–Crippen LogP) is 6.26.